The molecule has 6 nitrogen and oxygen atoms in total. The minimum Gasteiger partial charge on any atom is -0.495 e. The lowest BCUT2D eigenvalue weighted by Gasteiger charge is -2.13. The molecule has 0 fully saturated rings. The van der Waals surface area contributed by atoms with Gasteiger partial charge in [0.15, 0.2) is 6.61 Å². The fraction of sp³-hybridized carbons (Fsp3) is 0.263. The van der Waals surface area contributed by atoms with Gasteiger partial charge in [0.05, 0.1) is 12.8 Å². The van der Waals surface area contributed by atoms with Crippen molar-refractivity contribution >= 4 is 23.2 Å². The third kappa shape index (κ3) is 5.53. The minimum absolute atomic E-state index is 0.129. The number of carbonyl (C=O) groups is 2. The zero-order valence-electron chi connectivity index (χ0n) is 14.8. The zero-order chi connectivity index (χ0) is 18.4. The van der Waals surface area contributed by atoms with Crippen molar-refractivity contribution in [3.8, 4) is 11.5 Å². The van der Waals surface area contributed by atoms with Crippen LogP contribution in [0.15, 0.2) is 36.4 Å². The molecule has 0 saturated heterocycles. The van der Waals surface area contributed by atoms with Crippen molar-refractivity contribution in [3.63, 3.8) is 0 Å². The lowest BCUT2D eigenvalue weighted by molar-refractivity contribution is -0.118. The van der Waals surface area contributed by atoms with Crippen molar-refractivity contribution in [2.75, 3.05) is 24.4 Å². The number of hydrogen-bond acceptors (Lipinski definition) is 4. The summed E-state index contributed by atoms with van der Waals surface area (Å²) in [6.45, 7) is 5.23. The maximum atomic E-state index is 12.2. The summed E-state index contributed by atoms with van der Waals surface area (Å²) in [6.07, 6.45) is 0. The van der Waals surface area contributed by atoms with Crippen LogP contribution in [0.25, 0.3) is 0 Å². The molecule has 0 aromatic heterocycles. The first-order valence-electron chi connectivity index (χ1n) is 7.84. The maximum Gasteiger partial charge on any atom is 0.262 e. The fourth-order valence-electron chi connectivity index (χ4n) is 2.44. The smallest absolute Gasteiger partial charge is 0.262 e. The van der Waals surface area contributed by atoms with Gasteiger partial charge in [-0.05, 0) is 55.3 Å². The summed E-state index contributed by atoms with van der Waals surface area (Å²) in [5.74, 6) is 0.624. The lowest BCUT2D eigenvalue weighted by atomic mass is 10.1. The molecule has 0 spiro atoms. The Hall–Kier alpha value is -3.02. The van der Waals surface area contributed by atoms with Gasteiger partial charge in [-0.25, -0.2) is 0 Å². The highest BCUT2D eigenvalue weighted by molar-refractivity contribution is 5.95. The Morgan fingerprint density at radius 3 is 2.28 bits per heavy atom. The van der Waals surface area contributed by atoms with Gasteiger partial charge in [0.25, 0.3) is 5.91 Å². The number of hydrogen-bond donors (Lipinski definition) is 2. The molecular weight excluding hydrogens is 320 g/mol. The molecule has 0 bridgehead atoms. The van der Waals surface area contributed by atoms with E-state index in [1.54, 1.807) is 18.2 Å². The molecule has 6 heteroatoms. The molecular formula is C19H22N2O4. The highest BCUT2D eigenvalue weighted by Crippen LogP contribution is 2.28. The number of anilines is 2. The second-order valence-corrected chi connectivity index (χ2v) is 5.76. The van der Waals surface area contributed by atoms with Gasteiger partial charge in [-0.2, -0.15) is 0 Å². The van der Waals surface area contributed by atoms with Crippen LogP contribution < -0.4 is 20.1 Å². The summed E-state index contributed by atoms with van der Waals surface area (Å²) in [5.41, 5.74) is 3.17. The van der Waals surface area contributed by atoms with Gasteiger partial charge in [-0.15, -0.1) is 0 Å². The van der Waals surface area contributed by atoms with E-state index in [1.807, 2.05) is 32.0 Å². The number of aryl methyl sites for hydroxylation is 2. The van der Waals surface area contributed by atoms with Crippen LogP contribution in [-0.2, 0) is 9.59 Å². The first-order chi connectivity index (χ1) is 11.9. The van der Waals surface area contributed by atoms with Crippen LogP contribution in [0.1, 0.15) is 18.1 Å². The number of rotatable bonds is 6. The Kier molecular flexibility index (Phi) is 6.00. The summed E-state index contributed by atoms with van der Waals surface area (Å²) in [6, 6.07) is 10.8. The van der Waals surface area contributed by atoms with Gasteiger partial charge in [0.2, 0.25) is 5.91 Å². The zero-order valence-corrected chi connectivity index (χ0v) is 14.8. The van der Waals surface area contributed by atoms with Crippen molar-refractivity contribution in [2.24, 2.45) is 0 Å². The van der Waals surface area contributed by atoms with E-state index in [-0.39, 0.29) is 18.4 Å². The van der Waals surface area contributed by atoms with E-state index in [4.69, 9.17) is 9.47 Å². The Bertz CT molecular complexity index is 767. The minimum atomic E-state index is -0.322. The normalized spacial score (nSPS) is 10.1. The van der Waals surface area contributed by atoms with E-state index in [9.17, 15) is 9.59 Å². The van der Waals surface area contributed by atoms with Crippen LogP contribution >= 0.6 is 0 Å². The first kappa shape index (κ1) is 18.3. The number of amides is 2. The number of methoxy groups -OCH3 is 1. The number of nitrogens with one attached hydrogen (secondary N) is 2. The lowest BCUT2D eigenvalue weighted by Crippen LogP contribution is -2.20. The van der Waals surface area contributed by atoms with E-state index < -0.39 is 0 Å². The van der Waals surface area contributed by atoms with E-state index in [0.717, 1.165) is 11.1 Å². The second-order valence-electron chi connectivity index (χ2n) is 5.76. The summed E-state index contributed by atoms with van der Waals surface area (Å²) < 4.78 is 10.8. The van der Waals surface area contributed by atoms with Gasteiger partial charge >= 0.3 is 0 Å². The molecule has 0 aliphatic carbocycles. The highest BCUT2D eigenvalue weighted by atomic mass is 16.5. The Morgan fingerprint density at radius 1 is 1.00 bits per heavy atom. The Morgan fingerprint density at radius 2 is 1.68 bits per heavy atom. The SMILES string of the molecule is COc1ccc(NC(C)=O)cc1NC(=O)COc1cc(C)cc(C)c1. The molecule has 0 aliphatic rings. The van der Waals surface area contributed by atoms with Gasteiger partial charge in [0, 0.05) is 12.6 Å². The second kappa shape index (κ2) is 8.19. The summed E-state index contributed by atoms with van der Waals surface area (Å²) in [5, 5.41) is 5.40. The predicted molar refractivity (Wildman–Crippen MR) is 97.3 cm³/mol. The molecule has 2 amide bonds. The standard InChI is InChI=1S/C19H22N2O4/c1-12-7-13(2)9-16(8-12)25-11-19(23)21-17-10-15(20-14(3)22)5-6-18(17)24-4/h5-10H,11H2,1-4H3,(H,20,22)(H,21,23). The maximum absolute atomic E-state index is 12.2. The van der Waals surface area contributed by atoms with E-state index >= 15 is 0 Å². The van der Waals surface area contributed by atoms with E-state index in [0.29, 0.717) is 22.9 Å². The number of benzene rings is 2. The number of carbonyl (C=O) groups excluding carboxylic acids is 2. The van der Waals surface area contributed by atoms with Crippen molar-refractivity contribution in [1.29, 1.82) is 0 Å². The molecule has 0 saturated carbocycles. The third-order valence-corrected chi connectivity index (χ3v) is 3.36. The largest absolute Gasteiger partial charge is 0.495 e. The van der Waals surface area contributed by atoms with Crippen LogP contribution in [0.3, 0.4) is 0 Å². The molecule has 2 N–H and O–H groups in total. The molecule has 132 valence electrons. The van der Waals surface area contributed by atoms with Gasteiger partial charge in [-0.1, -0.05) is 6.07 Å². The van der Waals surface area contributed by atoms with Gasteiger partial charge in [-0.3, -0.25) is 9.59 Å². The molecule has 0 unspecified atom stereocenters. The molecule has 0 heterocycles. The van der Waals surface area contributed by atoms with Gasteiger partial charge < -0.3 is 20.1 Å². The molecule has 0 atom stereocenters. The number of ether oxygens (including phenoxy) is 2. The van der Waals surface area contributed by atoms with Crippen LogP contribution in [0.2, 0.25) is 0 Å². The summed E-state index contributed by atoms with van der Waals surface area (Å²) >= 11 is 0. The Balaban J connectivity index is 2.04. The monoisotopic (exact) mass is 342 g/mol. The van der Waals surface area contributed by atoms with Crippen molar-refractivity contribution < 1.29 is 19.1 Å². The molecule has 2 aromatic carbocycles. The van der Waals surface area contributed by atoms with Gasteiger partial charge in [0.1, 0.15) is 11.5 Å². The first-order valence-corrected chi connectivity index (χ1v) is 7.84. The molecule has 2 aromatic rings. The predicted octanol–water partition coefficient (Wildman–Crippen LogP) is 3.29. The van der Waals surface area contributed by atoms with Crippen LogP contribution in [0.5, 0.6) is 11.5 Å². The quantitative estimate of drug-likeness (QED) is 0.844. The highest BCUT2D eigenvalue weighted by Gasteiger charge is 2.10. The molecule has 0 aliphatic heterocycles. The average molecular weight is 342 g/mol. The molecule has 2 rings (SSSR count). The van der Waals surface area contributed by atoms with Crippen molar-refractivity contribution in [2.45, 2.75) is 20.8 Å². The average Bonchev–Trinajstić information content (AvgIpc) is 2.52. The van der Waals surface area contributed by atoms with Crippen molar-refractivity contribution in [1.82, 2.24) is 0 Å². The summed E-state index contributed by atoms with van der Waals surface area (Å²) in [7, 11) is 1.51. The fourth-order valence-corrected chi connectivity index (χ4v) is 2.44. The summed E-state index contributed by atoms with van der Waals surface area (Å²) in [4.78, 5) is 23.3. The topological polar surface area (TPSA) is 76.7 Å². The molecule has 25 heavy (non-hydrogen) atoms. The Labute approximate surface area is 147 Å². The van der Waals surface area contributed by atoms with Crippen LogP contribution in [0, 0.1) is 13.8 Å². The van der Waals surface area contributed by atoms with E-state index in [1.165, 1.54) is 14.0 Å². The van der Waals surface area contributed by atoms with Crippen molar-refractivity contribution in [3.05, 3.63) is 47.5 Å². The third-order valence-electron chi connectivity index (χ3n) is 3.36. The molecule has 0 radical (unpaired) electrons. The van der Waals surface area contributed by atoms with Crippen LogP contribution in [-0.4, -0.2) is 25.5 Å². The van der Waals surface area contributed by atoms with E-state index in [2.05, 4.69) is 10.6 Å². The van der Waals surface area contributed by atoms with Crippen LogP contribution in [0.4, 0.5) is 11.4 Å².